The third-order valence-electron chi connectivity index (χ3n) is 3.03. The Morgan fingerprint density at radius 2 is 1.91 bits per heavy atom. The Bertz CT molecular complexity index is 741. The van der Waals surface area contributed by atoms with Gasteiger partial charge in [0.2, 0.25) is 5.13 Å². The van der Waals surface area contributed by atoms with Crippen molar-refractivity contribution in [2.75, 3.05) is 24.3 Å². The van der Waals surface area contributed by atoms with Gasteiger partial charge in [0.05, 0.1) is 0 Å². The molecular weight excluding hydrogens is 296 g/mol. The van der Waals surface area contributed by atoms with E-state index in [4.69, 9.17) is 0 Å². The van der Waals surface area contributed by atoms with E-state index in [2.05, 4.69) is 31.5 Å². The average molecular weight is 312 g/mol. The first-order valence-electron chi connectivity index (χ1n) is 6.84. The van der Waals surface area contributed by atoms with Crippen molar-refractivity contribution in [2.45, 2.75) is 6.54 Å². The van der Waals surface area contributed by atoms with Gasteiger partial charge in [0, 0.05) is 38.6 Å². The largest absolute Gasteiger partial charge is 0.362 e. The minimum atomic E-state index is 0.651. The Hall–Kier alpha value is -2.54. The molecule has 3 aromatic rings. The van der Waals surface area contributed by atoms with E-state index >= 15 is 0 Å². The van der Waals surface area contributed by atoms with Crippen molar-refractivity contribution in [3.63, 3.8) is 0 Å². The zero-order valence-corrected chi connectivity index (χ0v) is 13.2. The van der Waals surface area contributed by atoms with Crippen LogP contribution in [0.5, 0.6) is 0 Å². The number of aromatic nitrogens is 4. The van der Waals surface area contributed by atoms with E-state index in [9.17, 15) is 0 Å². The smallest absolute Gasteiger partial charge is 0.206 e. The zero-order chi connectivity index (χ0) is 15.4. The van der Waals surface area contributed by atoms with E-state index in [1.165, 1.54) is 11.3 Å². The first kappa shape index (κ1) is 14.4. The molecule has 0 bridgehead atoms. The predicted molar refractivity (Wildman–Crippen MR) is 89.0 cm³/mol. The maximum absolute atomic E-state index is 4.39. The summed E-state index contributed by atoms with van der Waals surface area (Å²) in [5.74, 6) is 0.949. The third-order valence-corrected chi connectivity index (χ3v) is 3.93. The summed E-state index contributed by atoms with van der Waals surface area (Å²) in [6.07, 6.45) is 3.55. The van der Waals surface area contributed by atoms with Crippen LogP contribution in [0.4, 0.5) is 10.9 Å². The molecule has 3 aromatic heterocycles. The molecule has 0 atom stereocenters. The quantitative estimate of drug-likeness (QED) is 0.781. The fraction of sp³-hybridized carbons (Fsp3) is 0.200. The number of nitrogens with one attached hydrogen (secondary N) is 1. The second-order valence-corrected chi connectivity index (χ2v) is 5.84. The molecule has 0 saturated heterocycles. The lowest BCUT2D eigenvalue weighted by atomic mass is 10.2. The average Bonchev–Trinajstić information content (AvgIpc) is 3.03. The first-order chi connectivity index (χ1) is 10.7. The van der Waals surface area contributed by atoms with Gasteiger partial charge in [-0.25, -0.2) is 4.98 Å². The highest BCUT2D eigenvalue weighted by molar-refractivity contribution is 7.18. The second-order valence-electron chi connectivity index (χ2n) is 4.86. The third kappa shape index (κ3) is 3.20. The van der Waals surface area contributed by atoms with E-state index in [0.29, 0.717) is 6.54 Å². The second kappa shape index (κ2) is 6.48. The van der Waals surface area contributed by atoms with Gasteiger partial charge in [0.1, 0.15) is 11.5 Å². The van der Waals surface area contributed by atoms with E-state index in [-0.39, 0.29) is 0 Å². The molecule has 7 heteroatoms. The minimum Gasteiger partial charge on any atom is -0.362 e. The number of pyridine rings is 2. The maximum atomic E-state index is 4.39. The molecule has 0 aliphatic carbocycles. The van der Waals surface area contributed by atoms with Crippen LogP contribution in [0.1, 0.15) is 5.56 Å². The predicted octanol–water partition coefficient (Wildman–Crippen LogP) is 2.67. The first-order valence-corrected chi connectivity index (χ1v) is 7.65. The van der Waals surface area contributed by atoms with Gasteiger partial charge in [-0.2, -0.15) is 0 Å². The Kier molecular flexibility index (Phi) is 4.24. The monoisotopic (exact) mass is 312 g/mol. The summed E-state index contributed by atoms with van der Waals surface area (Å²) in [6.45, 7) is 0.651. The van der Waals surface area contributed by atoms with E-state index < -0.39 is 0 Å². The van der Waals surface area contributed by atoms with Crippen LogP contribution in [0.3, 0.4) is 0 Å². The topological polar surface area (TPSA) is 66.8 Å². The normalized spacial score (nSPS) is 10.5. The Balaban J connectivity index is 1.72. The Morgan fingerprint density at radius 1 is 1.05 bits per heavy atom. The Labute approximate surface area is 132 Å². The van der Waals surface area contributed by atoms with Crippen molar-refractivity contribution in [1.29, 1.82) is 0 Å². The van der Waals surface area contributed by atoms with Crippen molar-refractivity contribution in [3.05, 3.63) is 48.3 Å². The van der Waals surface area contributed by atoms with Crippen LogP contribution in [0, 0.1) is 0 Å². The summed E-state index contributed by atoms with van der Waals surface area (Å²) in [6, 6.07) is 9.74. The lowest BCUT2D eigenvalue weighted by molar-refractivity contribution is 1.000. The summed E-state index contributed by atoms with van der Waals surface area (Å²) in [5, 5.41) is 13.2. The summed E-state index contributed by atoms with van der Waals surface area (Å²) in [5.41, 5.74) is 1.95. The standard InChI is InChI=1S/C15H16N6S/c1-21(2)13-11(6-5-9-17-13)10-18-15-20-19-14(22-15)12-7-3-4-8-16-12/h3-9H,10H2,1-2H3,(H,18,20). The van der Waals surface area contributed by atoms with Crippen LogP contribution in [0.15, 0.2) is 42.7 Å². The molecule has 1 N–H and O–H groups in total. The maximum Gasteiger partial charge on any atom is 0.206 e. The van der Waals surface area contributed by atoms with Crippen LogP contribution in [-0.2, 0) is 6.54 Å². The van der Waals surface area contributed by atoms with Gasteiger partial charge in [0.15, 0.2) is 5.01 Å². The van der Waals surface area contributed by atoms with Gasteiger partial charge in [-0.1, -0.05) is 23.5 Å². The van der Waals surface area contributed by atoms with Gasteiger partial charge in [-0.05, 0) is 18.2 Å². The van der Waals surface area contributed by atoms with Gasteiger partial charge < -0.3 is 10.2 Å². The van der Waals surface area contributed by atoms with Gasteiger partial charge in [-0.15, -0.1) is 10.2 Å². The van der Waals surface area contributed by atoms with Crippen molar-refractivity contribution in [2.24, 2.45) is 0 Å². The molecule has 0 aromatic carbocycles. The van der Waals surface area contributed by atoms with E-state index in [1.807, 2.05) is 43.3 Å². The van der Waals surface area contributed by atoms with Crippen molar-refractivity contribution in [3.8, 4) is 10.7 Å². The zero-order valence-electron chi connectivity index (χ0n) is 12.4. The van der Waals surface area contributed by atoms with E-state index in [1.54, 1.807) is 12.4 Å². The number of hydrogen-bond donors (Lipinski definition) is 1. The lowest BCUT2D eigenvalue weighted by Crippen LogP contribution is -2.14. The highest BCUT2D eigenvalue weighted by atomic mass is 32.1. The summed E-state index contributed by atoms with van der Waals surface area (Å²) < 4.78 is 0. The molecule has 6 nitrogen and oxygen atoms in total. The number of anilines is 2. The molecule has 0 amide bonds. The Morgan fingerprint density at radius 3 is 2.68 bits per heavy atom. The SMILES string of the molecule is CN(C)c1ncccc1CNc1nnc(-c2ccccn2)s1. The van der Waals surface area contributed by atoms with Crippen molar-refractivity contribution in [1.82, 2.24) is 20.2 Å². The van der Waals surface area contributed by atoms with E-state index in [0.717, 1.165) is 27.2 Å². The molecule has 0 radical (unpaired) electrons. The van der Waals surface area contributed by atoms with Crippen LogP contribution in [-0.4, -0.2) is 34.3 Å². The molecule has 112 valence electrons. The summed E-state index contributed by atoms with van der Waals surface area (Å²) in [7, 11) is 3.96. The van der Waals surface area contributed by atoms with Crippen LogP contribution in [0.2, 0.25) is 0 Å². The number of rotatable bonds is 5. The molecule has 0 aliphatic heterocycles. The highest BCUT2D eigenvalue weighted by Crippen LogP contribution is 2.25. The highest BCUT2D eigenvalue weighted by Gasteiger charge is 2.09. The van der Waals surface area contributed by atoms with Crippen LogP contribution in [0.25, 0.3) is 10.7 Å². The lowest BCUT2D eigenvalue weighted by Gasteiger charge is -2.15. The van der Waals surface area contributed by atoms with Crippen LogP contribution >= 0.6 is 11.3 Å². The number of nitrogens with zero attached hydrogens (tertiary/aromatic N) is 5. The van der Waals surface area contributed by atoms with Gasteiger partial charge in [-0.3, -0.25) is 4.98 Å². The van der Waals surface area contributed by atoms with Crippen molar-refractivity contribution < 1.29 is 0 Å². The summed E-state index contributed by atoms with van der Waals surface area (Å²) in [4.78, 5) is 10.7. The minimum absolute atomic E-state index is 0.651. The molecular formula is C15H16N6S. The fourth-order valence-electron chi connectivity index (χ4n) is 2.03. The molecule has 0 unspecified atom stereocenters. The summed E-state index contributed by atoms with van der Waals surface area (Å²) >= 11 is 1.49. The molecule has 3 heterocycles. The van der Waals surface area contributed by atoms with Gasteiger partial charge >= 0.3 is 0 Å². The molecule has 0 spiro atoms. The van der Waals surface area contributed by atoms with Crippen molar-refractivity contribution >= 4 is 22.3 Å². The number of hydrogen-bond acceptors (Lipinski definition) is 7. The molecule has 22 heavy (non-hydrogen) atoms. The molecule has 3 rings (SSSR count). The molecule has 0 fully saturated rings. The van der Waals surface area contributed by atoms with Gasteiger partial charge in [0.25, 0.3) is 0 Å². The molecule has 0 aliphatic rings. The van der Waals surface area contributed by atoms with Crippen LogP contribution < -0.4 is 10.2 Å². The fourth-order valence-corrected chi connectivity index (χ4v) is 2.75. The molecule has 0 saturated carbocycles.